The highest BCUT2D eigenvalue weighted by Gasteiger charge is 2.43. The highest BCUT2D eigenvalue weighted by atomic mass is 19.4. The molecule has 1 amide bonds. The number of aromatic nitrogens is 4. The molecule has 6 nitrogen and oxygen atoms in total. The molecule has 0 saturated heterocycles. The van der Waals surface area contributed by atoms with E-state index >= 15 is 0 Å². The van der Waals surface area contributed by atoms with E-state index in [4.69, 9.17) is 0 Å². The molecule has 0 saturated carbocycles. The van der Waals surface area contributed by atoms with Crippen LogP contribution in [0.15, 0.2) is 36.8 Å². The van der Waals surface area contributed by atoms with Crippen molar-refractivity contribution < 1.29 is 18.0 Å². The van der Waals surface area contributed by atoms with E-state index in [1.165, 1.54) is 37.8 Å². The molecule has 0 spiro atoms. The SMILES string of the molecule is CN(C(=O)CC(n1cccn1)C(F)(F)F)c1cccnn1. The smallest absolute Gasteiger partial charge is 0.298 e. The zero-order valence-electron chi connectivity index (χ0n) is 11.0. The van der Waals surface area contributed by atoms with E-state index in [-0.39, 0.29) is 5.82 Å². The number of halogens is 3. The standard InChI is InChI=1S/C12H12F3N5O/c1-19(10-4-2-5-16-18-10)11(21)8-9(12(13,14)15)20-7-3-6-17-20/h2-7,9H,8H2,1H3. The summed E-state index contributed by atoms with van der Waals surface area (Å²) in [4.78, 5) is 13.0. The summed E-state index contributed by atoms with van der Waals surface area (Å²) in [5.41, 5.74) is 0. The summed E-state index contributed by atoms with van der Waals surface area (Å²) in [6.45, 7) is 0. The van der Waals surface area contributed by atoms with Gasteiger partial charge in [-0.25, -0.2) is 0 Å². The molecule has 112 valence electrons. The summed E-state index contributed by atoms with van der Waals surface area (Å²) in [7, 11) is 1.35. The van der Waals surface area contributed by atoms with Crippen LogP contribution in [-0.4, -0.2) is 39.1 Å². The molecule has 1 atom stereocenters. The van der Waals surface area contributed by atoms with Crippen molar-refractivity contribution in [2.24, 2.45) is 0 Å². The van der Waals surface area contributed by atoms with E-state index in [9.17, 15) is 18.0 Å². The Bertz CT molecular complexity index is 585. The Labute approximate surface area is 118 Å². The van der Waals surface area contributed by atoms with Gasteiger partial charge in [0.1, 0.15) is 0 Å². The summed E-state index contributed by atoms with van der Waals surface area (Å²) in [5, 5.41) is 10.8. The van der Waals surface area contributed by atoms with Crippen LogP contribution in [0.4, 0.5) is 19.0 Å². The Hall–Kier alpha value is -2.45. The van der Waals surface area contributed by atoms with Gasteiger partial charge in [0.2, 0.25) is 5.91 Å². The van der Waals surface area contributed by atoms with Crippen LogP contribution >= 0.6 is 0 Å². The molecule has 2 heterocycles. The lowest BCUT2D eigenvalue weighted by Crippen LogP contribution is -2.35. The first-order valence-corrected chi connectivity index (χ1v) is 5.99. The van der Waals surface area contributed by atoms with Gasteiger partial charge >= 0.3 is 6.18 Å². The molecule has 0 radical (unpaired) electrons. The molecule has 0 aromatic carbocycles. The predicted molar refractivity (Wildman–Crippen MR) is 67.4 cm³/mol. The summed E-state index contributed by atoms with van der Waals surface area (Å²) in [5.74, 6) is -0.544. The minimum Gasteiger partial charge on any atom is -0.298 e. The number of carbonyl (C=O) groups excluding carboxylic acids is 1. The number of amides is 1. The number of nitrogens with zero attached hydrogens (tertiary/aromatic N) is 5. The number of hydrogen-bond donors (Lipinski definition) is 0. The molecule has 2 aromatic rings. The average Bonchev–Trinajstić information content (AvgIpc) is 2.97. The van der Waals surface area contributed by atoms with Crippen molar-refractivity contribution in [3.05, 3.63) is 36.8 Å². The van der Waals surface area contributed by atoms with Gasteiger partial charge in [-0.3, -0.25) is 14.4 Å². The second-order valence-corrected chi connectivity index (χ2v) is 4.28. The number of alkyl halides is 3. The van der Waals surface area contributed by atoms with Gasteiger partial charge in [0, 0.05) is 25.6 Å². The largest absolute Gasteiger partial charge is 0.411 e. The van der Waals surface area contributed by atoms with Gasteiger partial charge in [-0.05, 0) is 18.2 Å². The van der Waals surface area contributed by atoms with E-state index in [0.717, 1.165) is 9.58 Å². The molecule has 2 rings (SSSR count). The number of hydrogen-bond acceptors (Lipinski definition) is 4. The second kappa shape index (κ2) is 5.90. The number of anilines is 1. The number of rotatable bonds is 4. The van der Waals surface area contributed by atoms with Crippen molar-refractivity contribution in [3.8, 4) is 0 Å². The van der Waals surface area contributed by atoms with Crippen LogP contribution in [0.25, 0.3) is 0 Å². The lowest BCUT2D eigenvalue weighted by atomic mass is 10.2. The molecule has 2 aromatic heterocycles. The molecule has 0 fully saturated rings. The molecule has 21 heavy (non-hydrogen) atoms. The Balaban J connectivity index is 2.16. The third-order valence-electron chi connectivity index (χ3n) is 2.87. The highest BCUT2D eigenvalue weighted by molar-refractivity contribution is 5.92. The van der Waals surface area contributed by atoms with Crippen LogP contribution in [0.3, 0.4) is 0 Å². The quantitative estimate of drug-likeness (QED) is 0.864. The van der Waals surface area contributed by atoms with Crippen molar-refractivity contribution >= 4 is 11.7 Å². The first kappa shape index (κ1) is 14.9. The normalized spacial score (nSPS) is 13.0. The summed E-state index contributed by atoms with van der Waals surface area (Å²) in [6.07, 6.45) is -1.53. The van der Waals surface area contributed by atoms with E-state index in [2.05, 4.69) is 15.3 Å². The predicted octanol–water partition coefficient (Wildman–Crippen LogP) is 1.83. The number of carbonyl (C=O) groups is 1. The van der Waals surface area contributed by atoms with E-state index in [1.54, 1.807) is 6.07 Å². The highest BCUT2D eigenvalue weighted by Crippen LogP contribution is 2.33. The van der Waals surface area contributed by atoms with Crippen LogP contribution in [0.2, 0.25) is 0 Å². The zero-order chi connectivity index (χ0) is 15.5. The van der Waals surface area contributed by atoms with Crippen LogP contribution in [-0.2, 0) is 4.79 Å². The second-order valence-electron chi connectivity index (χ2n) is 4.28. The fourth-order valence-corrected chi connectivity index (χ4v) is 1.73. The van der Waals surface area contributed by atoms with Crippen molar-refractivity contribution in [1.29, 1.82) is 0 Å². The first-order valence-electron chi connectivity index (χ1n) is 5.99. The van der Waals surface area contributed by atoms with Crippen LogP contribution < -0.4 is 4.90 Å². The molecule has 9 heteroatoms. The van der Waals surface area contributed by atoms with Crippen molar-refractivity contribution in [1.82, 2.24) is 20.0 Å². The lowest BCUT2D eigenvalue weighted by Gasteiger charge is -2.23. The maximum Gasteiger partial charge on any atom is 0.411 e. The van der Waals surface area contributed by atoms with Gasteiger partial charge in [-0.1, -0.05) is 0 Å². The molecule has 0 aliphatic rings. The Morgan fingerprint density at radius 3 is 2.67 bits per heavy atom. The van der Waals surface area contributed by atoms with E-state index in [0.29, 0.717) is 0 Å². The maximum absolute atomic E-state index is 13.0. The average molecular weight is 299 g/mol. The zero-order valence-corrected chi connectivity index (χ0v) is 11.0. The Morgan fingerprint density at radius 1 is 1.38 bits per heavy atom. The minimum absolute atomic E-state index is 0.184. The molecule has 0 aliphatic carbocycles. The molecule has 0 bridgehead atoms. The van der Waals surface area contributed by atoms with Crippen molar-refractivity contribution in [3.63, 3.8) is 0 Å². The van der Waals surface area contributed by atoms with E-state index in [1.807, 2.05) is 0 Å². The molecule has 1 unspecified atom stereocenters. The van der Waals surface area contributed by atoms with Gasteiger partial charge in [-0.2, -0.15) is 23.4 Å². The summed E-state index contributed by atoms with van der Waals surface area (Å²) >= 11 is 0. The molecular formula is C12H12F3N5O. The maximum atomic E-state index is 13.0. The fraction of sp³-hybridized carbons (Fsp3) is 0.333. The minimum atomic E-state index is -4.58. The van der Waals surface area contributed by atoms with Crippen LogP contribution in [0.5, 0.6) is 0 Å². The molecule has 0 N–H and O–H groups in total. The van der Waals surface area contributed by atoms with Gasteiger partial charge in [0.15, 0.2) is 11.9 Å². The third kappa shape index (κ3) is 3.56. The topological polar surface area (TPSA) is 63.9 Å². The summed E-state index contributed by atoms with van der Waals surface area (Å²) in [6, 6.07) is 2.39. The Kier molecular flexibility index (Phi) is 4.20. The van der Waals surface area contributed by atoms with Gasteiger partial charge in [0.05, 0.1) is 6.42 Å². The van der Waals surface area contributed by atoms with Crippen LogP contribution in [0.1, 0.15) is 12.5 Å². The van der Waals surface area contributed by atoms with Gasteiger partial charge in [-0.15, -0.1) is 5.10 Å². The third-order valence-corrected chi connectivity index (χ3v) is 2.87. The lowest BCUT2D eigenvalue weighted by molar-refractivity contribution is -0.174. The van der Waals surface area contributed by atoms with Crippen molar-refractivity contribution in [2.45, 2.75) is 18.6 Å². The Morgan fingerprint density at radius 2 is 2.14 bits per heavy atom. The monoisotopic (exact) mass is 299 g/mol. The first-order chi connectivity index (χ1) is 9.89. The van der Waals surface area contributed by atoms with E-state index < -0.39 is 24.5 Å². The van der Waals surface area contributed by atoms with Crippen LogP contribution in [0, 0.1) is 0 Å². The molecule has 0 aliphatic heterocycles. The van der Waals surface area contributed by atoms with Gasteiger partial charge in [0.25, 0.3) is 0 Å². The van der Waals surface area contributed by atoms with Crippen molar-refractivity contribution in [2.75, 3.05) is 11.9 Å². The van der Waals surface area contributed by atoms with Gasteiger partial charge < -0.3 is 0 Å². The fourth-order valence-electron chi connectivity index (χ4n) is 1.73. The molecular weight excluding hydrogens is 287 g/mol. The summed E-state index contributed by atoms with van der Waals surface area (Å²) < 4.78 is 39.9.